The van der Waals surface area contributed by atoms with Gasteiger partial charge in [0.25, 0.3) is 5.72 Å². The molecule has 2 atom stereocenters. The molecule has 0 aliphatic rings. The van der Waals surface area contributed by atoms with Gasteiger partial charge in [0, 0.05) is 19.4 Å². The van der Waals surface area contributed by atoms with E-state index in [1.165, 1.54) is 18.2 Å². The van der Waals surface area contributed by atoms with Crippen LogP contribution in [0, 0.1) is 0 Å². The van der Waals surface area contributed by atoms with Crippen LogP contribution >= 0.6 is 0 Å². The van der Waals surface area contributed by atoms with Gasteiger partial charge < -0.3 is 28.8 Å². The van der Waals surface area contributed by atoms with Crippen molar-refractivity contribution in [2.24, 2.45) is 0 Å². The van der Waals surface area contributed by atoms with Crippen molar-refractivity contribution in [3.05, 3.63) is 23.8 Å². The number of ether oxygens (including phenoxy) is 5. The van der Waals surface area contributed by atoms with Gasteiger partial charge in [-0.25, -0.2) is 14.4 Å². The van der Waals surface area contributed by atoms with Crippen molar-refractivity contribution in [2.75, 3.05) is 13.2 Å². The zero-order valence-corrected chi connectivity index (χ0v) is 20.2. The van der Waals surface area contributed by atoms with Crippen LogP contribution in [-0.2, 0) is 30.2 Å². The van der Waals surface area contributed by atoms with Crippen LogP contribution in [0.2, 0.25) is 0 Å². The maximum atomic E-state index is 12.2. The number of esters is 1. The molecule has 0 heterocycles. The number of hydrogen-bond donors (Lipinski definition) is 2. The van der Waals surface area contributed by atoms with Crippen LogP contribution in [-0.4, -0.2) is 54.3 Å². The highest BCUT2D eigenvalue weighted by Gasteiger charge is 2.43. The highest BCUT2D eigenvalue weighted by Crippen LogP contribution is 2.31. The first-order valence-electron chi connectivity index (χ1n) is 11.1. The van der Waals surface area contributed by atoms with Crippen LogP contribution in [0.5, 0.6) is 11.5 Å². The molecule has 0 aromatic heterocycles. The second kappa shape index (κ2) is 14.0. The number of carboxylic acids is 1. The molecule has 190 valence electrons. The van der Waals surface area contributed by atoms with E-state index >= 15 is 0 Å². The van der Waals surface area contributed by atoms with E-state index in [4.69, 9.17) is 23.7 Å². The third-order valence-electron chi connectivity index (χ3n) is 4.45. The Labute approximate surface area is 198 Å². The van der Waals surface area contributed by atoms with Crippen molar-refractivity contribution in [3.8, 4) is 11.5 Å². The molecule has 0 saturated carbocycles. The molecule has 2 N–H and O–H groups in total. The molecule has 0 saturated heterocycles. The number of nitrogens with one attached hydrogen (secondary N) is 1. The summed E-state index contributed by atoms with van der Waals surface area (Å²) >= 11 is 0. The minimum absolute atomic E-state index is 0.112. The predicted molar refractivity (Wildman–Crippen MR) is 120 cm³/mol. The van der Waals surface area contributed by atoms with Gasteiger partial charge in [0.2, 0.25) is 0 Å². The van der Waals surface area contributed by atoms with Crippen LogP contribution in [0.3, 0.4) is 0 Å². The lowest BCUT2D eigenvalue weighted by Gasteiger charge is -2.32. The third-order valence-corrected chi connectivity index (χ3v) is 4.45. The molecule has 0 amide bonds. The topological polar surface area (TPSA) is 147 Å². The molecule has 11 heteroatoms. The lowest BCUT2D eigenvalue weighted by Crippen LogP contribution is -2.59. The van der Waals surface area contributed by atoms with E-state index in [0.29, 0.717) is 24.8 Å². The summed E-state index contributed by atoms with van der Waals surface area (Å²) in [5.74, 6) is -2.54. The van der Waals surface area contributed by atoms with Crippen LogP contribution in [0.15, 0.2) is 18.2 Å². The molecule has 0 fully saturated rings. The zero-order valence-electron chi connectivity index (χ0n) is 20.2. The fraction of sp³-hybridized carbons (Fsp3) is 0.565. The summed E-state index contributed by atoms with van der Waals surface area (Å²) in [6.45, 7) is 8.56. The summed E-state index contributed by atoms with van der Waals surface area (Å²) < 4.78 is 25.3. The van der Waals surface area contributed by atoms with Crippen molar-refractivity contribution < 1.29 is 48.0 Å². The normalized spacial score (nSPS) is 13.2. The summed E-state index contributed by atoms with van der Waals surface area (Å²) in [4.78, 5) is 47.8. The maximum Gasteiger partial charge on any atom is 0.513 e. The van der Waals surface area contributed by atoms with E-state index in [1.54, 1.807) is 13.8 Å². The van der Waals surface area contributed by atoms with Gasteiger partial charge in [0.1, 0.15) is 0 Å². The Hall–Kier alpha value is -3.34. The number of rotatable bonds is 13. The molecule has 0 radical (unpaired) electrons. The summed E-state index contributed by atoms with van der Waals surface area (Å²) in [6.07, 6.45) is -0.634. The average Bonchev–Trinajstić information content (AvgIpc) is 2.77. The van der Waals surface area contributed by atoms with Crippen LogP contribution in [0.25, 0.3) is 0 Å². The van der Waals surface area contributed by atoms with Crippen molar-refractivity contribution >= 4 is 24.2 Å². The van der Waals surface area contributed by atoms with Crippen molar-refractivity contribution in [2.45, 2.75) is 72.1 Å². The van der Waals surface area contributed by atoms with Gasteiger partial charge in [0.15, 0.2) is 11.5 Å². The maximum absolute atomic E-state index is 12.2. The molecule has 34 heavy (non-hydrogen) atoms. The van der Waals surface area contributed by atoms with E-state index in [0.717, 1.165) is 6.92 Å². The zero-order chi connectivity index (χ0) is 25.7. The lowest BCUT2D eigenvalue weighted by atomic mass is 10.00. The summed E-state index contributed by atoms with van der Waals surface area (Å²) in [5.41, 5.74) is -1.77. The Morgan fingerprint density at radius 3 is 2.00 bits per heavy atom. The Morgan fingerprint density at radius 2 is 1.53 bits per heavy atom. The molecule has 1 aromatic rings. The van der Waals surface area contributed by atoms with Crippen LogP contribution in [0.1, 0.15) is 59.4 Å². The molecule has 11 nitrogen and oxygen atoms in total. The molecular weight excluding hydrogens is 450 g/mol. The van der Waals surface area contributed by atoms with Crippen LogP contribution in [0.4, 0.5) is 9.59 Å². The van der Waals surface area contributed by atoms with Gasteiger partial charge in [-0.3, -0.25) is 10.1 Å². The molecule has 1 rings (SSSR count). The van der Waals surface area contributed by atoms with Crippen molar-refractivity contribution in [3.63, 3.8) is 0 Å². The number of carbonyl (C=O) groups excluding carboxylic acids is 3. The molecule has 1 aromatic carbocycles. The fourth-order valence-corrected chi connectivity index (χ4v) is 2.77. The first kappa shape index (κ1) is 28.7. The van der Waals surface area contributed by atoms with E-state index in [9.17, 15) is 24.3 Å². The minimum Gasteiger partial charge on any atom is -0.477 e. The van der Waals surface area contributed by atoms with Gasteiger partial charge in [-0.15, -0.1) is 0 Å². The fourth-order valence-electron chi connectivity index (χ4n) is 2.77. The Kier molecular flexibility index (Phi) is 11.8. The number of aliphatic carboxylic acids is 1. The van der Waals surface area contributed by atoms with Gasteiger partial charge >= 0.3 is 24.2 Å². The molecule has 0 aliphatic carbocycles. The number of carbonyl (C=O) groups is 4. The van der Waals surface area contributed by atoms with E-state index in [2.05, 4.69) is 5.32 Å². The Bertz CT molecular complexity index is 856. The predicted octanol–water partition coefficient (Wildman–Crippen LogP) is 3.81. The van der Waals surface area contributed by atoms with Gasteiger partial charge in [-0.2, -0.15) is 0 Å². The van der Waals surface area contributed by atoms with Crippen molar-refractivity contribution in [1.82, 2.24) is 5.32 Å². The smallest absolute Gasteiger partial charge is 0.477 e. The number of carboxylic acid groups (broad SMARTS) is 1. The molecular formula is C23H33NO10. The van der Waals surface area contributed by atoms with Gasteiger partial charge in [-0.1, -0.05) is 26.8 Å². The molecule has 0 aliphatic heterocycles. The summed E-state index contributed by atoms with van der Waals surface area (Å²) in [6, 6.07) is 3.77. The number of benzene rings is 1. The largest absolute Gasteiger partial charge is 0.513 e. The molecule has 0 bridgehead atoms. The second-order valence-electron chi connectivity index (χ2n) is 7.54. The highest BCUT2D eigenvalue weighted by molar-refractivity contribution is 5.81. The minimum atomic E-state index is -2.08. The van der Waals surface area contributed by atoms with Crippen molar-refractivity contribution in [1.29, 1.82) is 0 Å². The standard InChI is InChI=1S/C23H33NO10/c1-6-11-30-21(28)32-18-10-9-17(13-19(18)33-22(29)31-12-7-2)14-23(20(26)27,34-16(5)25)24-15(4)8-3/h9-10,13,15,24H,6-8,11-12,14H2,1-5H3,(H,26,27)/t15?,23-/m0/s1. The third kappa shape index (κ3) is 9.26. The Balaban J connectivity index is 3.34. The quantitative estimate of drug-likeness (QED) is 0.183. The number of hydrogen-bond acceptors (Lipinski definition) is 10. The van der Waals surface area contributed by atoms with Gasteiger partial charge in [0.05, 0.1) is 13.2 Å². The molecule has 0 spiro atoms. The first-order valence-corrected chi connectivity index (χ1v) is 11.1. The summed E-state index contributed by atoms with van der Waals surface area (Å²) in [7, 11) is 0. The van der Waals surface area contributed by atoms with E-state index in [-0.39, 0.29) is 37.2 Å². The lowest BCUT2D eigenvalue weighted by molar-refractivity contribution is -0.183. The average molecular weight is 484 g/mol. The van der Waals surface area contributed by atoms with E-state index < -0.39 is 30.0 Å². The second-order valence-corrected chi connectivity index (χ2v) is 7.54. The Morgan fingerprint density at radius 1 is 0.971 bits per heavy atom. The highest BCUT2D eigenvalue weighted by atomic mass is 16.7. The van der Waals surface area contributed by atoms with Gasteiger partial charge in [-0.05, 0) is 43.9 Å². The monoisotopic (exact) mass is 483 g/mol. The first-order chi connectivity index (χ1) is 16.1. The summed E-state index contributed by atoms with van der Waals surface area (Å²) in [5, 5.41) is 12.8. The molecule has 1 unspecified atom stereocenters. The SMILES string of the molecule is CCCOC(=O)Oc1ccc(C[C@](NC(C)CC)(OC(C)=O)C(=O)O)cc1OC(=O)OCCC. The van der Waals surface area contributed by atoms with E-state index in [1.807, 2.05) is 13.8 Å². The van der Waals surface area contributed by atoms with Crippen LogP contribution < -0.4 is 14.8 Å².